The molecular weight excluding hydrogens is 228 g/mol. The summed E-state index contributed by atoms with van der Waals surface area (Å²) < 4.78 is 5.45. The Bertz CT molecular complexity index is 524. The second kappa shape index (κ2) is 4.42. The zero-order valence-electron chi connectivity index (χ0n) is 10.3. The topological polar surface area (TPSA) is 77.0 Å². The van der Waals surface area contributed by atoms with Gasteiger partial charge in [-0.3, -0.25) is 0 Å². The van der Waals surface area contributed by atoms with Crippen molar-refractivity contribution in [1.82, 2.24) is 10.2 Å². The highest BCUT2D eigenvalue weighted by Gasteiger charge is 2.22. The number of nitrogens with one attached hydrogen (secondary N) is 1. The first-order valence-corrected chi connectivity index (χ1v) is 6.14. The molecule has 1 aliphatic carbocycles. The summed E-state index contributed by atoms with van der Waals surface area (Å²) in [6.45, 7) is 1.82. The molecule has 0 amide bonds. The second-order valence-electron chi connectivity index (χ2n) is 4.75. The minimum atomic E-state index is -0.228. The van der Waals surface area contributed by atoms with Gasteiger partial charge in [-0.1, -0.05) is 29.4 Å². The second-order valence-corrected chi connectivity index (χ2v) is 4.75. The lowest BCUT2D eigenvalue weighted by Crippen LogP contribution is -2.19. The molecule has 2 aromatic rings. The Labute approximate surface area is 105 Å². The van der Waals surface area contributed by atoms with Crippen LogP contribution in [-0.2, 0) is 12.8 Å². The van der Waals surface area contributed by atoms with E-state index in [0.717, 1.165) is 12.8 Å². The van der Waals surface area contributed by atoms with Crippen molar-refractivity contribution in [3.8, 4) is 0 Å². The fourth-order valence-corrected chi connectivity index (χ4v) is 2.31. The third-order valence-electron chi connectivity index (χ3n) is 3.21. The highest BCUT2D eigenvalue weighted by atomic mass is 16.4. The predicted octanol–water partition coefficient (Wildman–Crippen LogP) is 1.67. The SMILES string of the molecule is CC(N)c1nnc(NC2Cc3ccccc3C2)o1. The summed E-state index contributed by atoms with van der Waals surface area (Å²) >= 11 is 0. The molecule has 0 radical (unpaired) electrons. The molecule has 0 spiro atoms. The summed E-state index contributed by atoms with van der Waals surface area (Å²) in [6.07, 6.45) is 1.98. The van der Waals surface area contributed by atoms with Crippen molar-refractivity contribution in [2.24, 2.45) is 5.73 Å². The maximum absolute atomic E-state index is 5.68. The molecule has 3 rings (SSSR count). The van der Waals surface area contributed by atoms with E-state index in [1.807, 2.05) is 6.92 Å². The van der Waals surface area contributed by atoms with Gasteiger partial charge in [0.2, 0.25) is 5.89 Å². The van der Waals surface area contributed by atoms with E-state index in [-0.39, 0.29) is 6.04 Å². The fraction of sp³-hybridized carbons (Fsp3) is 0.385. The molecule has 1 aromatic carbocycles. The van der Waals surface area contributed by atoms with Crippen molar-refractivity contribution in [1.29, 1.82) is 0 Å². The summed E-state index contributed by atoms with van der Waals surface area (Å²) in [5.74, 6) is 0.466. The van der Waals surface area contributed by atoms with Gasteiger partial charge in [0.1, 0.15) is 0 Å². The average Bonchev–Trinajstić information content (AvgIpc) is 2.94. The van der Waals surface area contributed by atoms with Gasteiger partial charge in [-0.05, 0) is 30.9 Å². The number of benzene rings is 1. The molecule has 0 saturated heterocycles. The third-order valence-corrected chi connectivity index (χ3v) is 3.21. The summed E-state index contributed by atoms with van der Waals surface area (Å²) in [5, 5.41) is 11.1. The monoisotopic (exact) mass is 244 g/mol. The number of nitrogens with two attached hydrogens (primary N) is 1. The van der Waals surface area contributed by atoms with E-state index in [1.54, 1.807) is 0 Å². The van der Waals surface area contributed by atoms with Crippen LogP contribution in [0.15, 0.2) is 28.7 Å². The molecule has 1 unspecified atom stereocenters. The summed E-state index contributed by atoms with van der Waals surface area (Å²) in [7, 11) is 0. The number of hydrogen-bond donors (Lipinski definition) is 2. The van der Waals surface area contributed by atoms with Crippen molar-refractivity contribution in [2.45, 2.75) is 31.8 Å². The predicted molar refractivity (Wildman–Crippen MR) is 68.2 cm³/mol. The highest BCUT2D eigenvalue weighted by molar-refractivity contribution is 5.37. The van der Waals surface area contributed by atoms with E-state index in [9.17, 15) is 0 Å². The Kier molecular flexibility index (Phi) is 2.76. The van der Waals surface area contributed by atoms with Crippen LogP contribution >= 0.6 is 0 Å². The Morgan fingerprint density at radius 2 is 1.94 bits per heavy atom. The fourth-order valence-electron chi connectivity index (χ4n) is 2.31. The van der Waals surface area contributed by atoms with Gasteiger partial charge in [0.15, 0.2) is 0 Å². The van der Waals surface area contributed by atoms with Crippen molar-refractivity contribution in [3.05, 3.63) is 41.3 Å². The largest absolute Gasteiger partial charge is 0.406 e. The lowest BCUT2D eigenvalue weighted by Gasteiger charge is -2.08. The first-order chi connectivity index (χ1) is 8.72. The molecule has 0 fully saturated rings. The van der Waals surface area contributed by atoms with Crippen LogP contribution in [0, 0.1) is 0 Å². The maximum Gasteiger partial charge on any atom is 0.315 e. The van der Waals surface area contributed by atoms with E-state index < -0.39 is 0 Å². The van der Waals surface area contributed by atoms with Gasteiger partial charge in [0.25, 0.3) is 0 Å². The molecular formula is C13H16N4O. The Balaban J connectivity index is 1.68. The van der Waals surface area contributed by atoms with E-state index in [4.69, 9.17) is 10.2 Å². The number of hydrogen-bond acceptors (Lipinski definition) is 5. The third kappa shape index (κ3) is 2.09. The van der Waals surface area contributed by atoms with Crippen LogP contribution in [0.3, 0.4) is 0 Å². The molecule has 1 heterocycles. The standard InChI is InChI=1S/C13H16N4O/c1-8(14)12-16-17-13(18-12)15-11-6-9-4-2-3-5-10(9)7-11/h2-5,8,11H,6-7,14H2,1H3,(H,15,17). The van der Waals surface area contributed by atoms with E-state index in [1.165, 1.54) is 11.1 Å². The number of rotatable bonds is 3. The quantitative estimate of drug-likeness (QED) is 0.858. The summed E-state index contributed by atoms with van der Waals surface area (Å²) in [5.41, 5.74) is 8.46. The highest BCUT2D eigenvalue weighted by Crippen LogP contribution is 2.24. The minimum Gasteiger partial charge on any atom is -0.406 e. The lowest BCUT2D eigenvalue weighted by atomic mass is 10.1. The Morgan fingerprint density at radius 1 is 1.28 bits per heavy atom. The molecule has 1 atom stereocenters. The molecule has 0 aliphatic heterocycles. The average molecular weight is 244 g/mol. The van der Waals surface area contributed by atoms with E-state index in [2.05, 4.69) is 39.8 Å². The number of fused-ring (bicyclic) bond motifs is 1. The smallest absolute Gasteiger partial charge is 0.315 e. The molecule has 5 nitrogen and oxygen atoms in total. The van der Waals surface area contributed by atoms with Crippen molar-refractivity contribution in [3.63, 3.8) is 0 Å². The van der Waals surface area contributed by atoms with Gasteiger partial charge < -0.3 is 15.5 Å². The van der Waals surface area contributed by atoms with Crippen LogP contribution in [0.4, 0.5) is 6.01 Å². The van der Waals surface area contributed by atoms with Crippen molar-refractivity contribution >= 4 is 6.01 Å². The summed E-state index contributed by atoms with van der Waals surface area (Å²) in [4.78, 5) is 0. The van der Waals surface area contributed by atoms with Gasteiger partial charge in [0, 0.05) is 6.04 Å². The molecule has 94 valence electrons. The zero-order chi connectivity index (χ0) is 12.5. The minimum absolute atomic E-state index is 0.228. The van der Waals surface area contributed by atoms with Crippen LogP contribution in [0.5, 0.6) is 0 Å². The van der Waals surface area contributed by atoms with Crippen LogP contribution < -0.4 is 11.1 Å². The maximum atomic E-state index is 5.68. The van der Waals surface area contributed by atoms with Crippen LogP contribution in [0.2, 0.25) is 0 Å². The molecule has 0 bridgehead atoms. The zero-order valence-corrected chi connectivity index (χ0v) is 10.3. The number of anilines is 1. The van der Waals surface area contributed by atoms with Gasteiger partial charge >= 0.3 is 6.01 Å². The molecule has 1 aromatic heterocycles. The van der Waals surface area contributed by atoms with Gasteiger partial charge in [0.05, 0.1) is 6.04 Å². The van der Waals surface area contributed by atoms with Crippen molar-refractivity contribution in [2.75, 3.05) is 5.32 Å². The van der Waals surface area contributed by atoms with E-state index in [0.29, 0.717) is 17.9 Å². The Morgan fingerprint density at radius 3 is 2.50 bits per heavy atom. The first-order valence-electron chi connectivity index (χ1n) is 6.14. The number of aromatic nitrogens is 2. The van der Waals surface area contributed by atoms with Crippen LogP contribution in [0.1, 0.15) is 30.0 Å². The first kappa shape index (κ1) is 11.2. The normalized spacial score (nSPS) is 16.6. The Hall–Kier alpha value is -1.88. The molecule has 0 saturated carbocycles. The van der Waals surface area contributed by atoms with E-state index >= 15 is 0 Å². The van der Waals surface area contributed by atoms with Crippen LogP contribution in [0.25, 0.3) is 0 Å². The molecule has 3 N–H and O–H groups in total. The molecule has 1 aliphatic rings. The lowest BCUT2D eigenvalue weighted by molar-refractivity contribution is 0.468. The molecule has 5 heteroatoms. The van der Waals surface area contributed by atoms with Gasteiger partial charge in [-0.15, -0.1) is 5.10 Å². The molecule has 18 heavy (non-hydrogen) atoms. The van der Waals surface area contributed by atoms with Gasteiger partial charge in [-0.25, -0.2) is 0 Å². The summed E-state index contributed by atoms with van der Waals surface area (Å²) in [6, 6.07) is 9.03. The van der Waals surface area contributed by atoms with Crippen LogP contribution in [-0.4, -0.2) is 16.2 Å². The van der Waals surface area contributed by atoms with Gasteiger partial charge in [-0.2, -0.15) is 0 Å². The number of nitrogens with zero attached hydrogens (tertiary/aromatic N) is 2. The van der Waals surface area contributed by atoms with Crippen molar-refractivity contribution < 1.29 is 4.42 Å².